The zero-order chi connectivity index (χ0) is 12.0. The van der Waals surface area contributed by atoms with E-state index in [0.717, 1.165) is 0 Å². The van der Waals surface area contributed by atoms with Crippen LogP contribution in [0, 0.1) is 5.82 Å². The summed E-state index contributed by atoms with van der Waals surface area (Å²) < 4.78 is 12.6. The van der Waals surface area contributed by atoms with Crippen LogP contribution in [-0.4, -0.2) is 17.7 Å². The molecule has 0 heterocycles. The second-order valence-electron chi connectivity index (χ2n) is 3.22. The van der Waals surface area contributed by atoms with Crippen LogP contribution in [0.2, 0.25) is 0 Å². The van der Waals surface area contributed by atoms with E-state index in [0.29, 0.717) is 18.5 Å². The lowest BCUT2D eigenvalue weighted by Gasteiger charge is -2.03. The predicted octanol–water partition coefficient (Wildman–Crippen LogP) is 2.10. The number of amides is 1. The standard InChI is InChI=1S/C11H11ClFNO2/c12-10(15)2-1-7-14-11(16)8-3-5-9(13)6-4-8/h3-6H,1-2,7H2,(H,14,16). The molecule has 86 valence electrons. The molecule has 1 amide bonds. The highest BCUT2D eigenvalue weighted by Gasteiger charge is 2.04. The zero-order valence-electron chi connectivity index (χ0n) is 8.50. The van der Waals surface area contributed by atoms with Crippen LogP contribution in [0.5, 0.6) is 0 Å². The largest absolute Gasteiger partial charge is 0.352 e. The Morgan fingerprint density at radius 1 is 1.25 bits per heavy atom. The third-order valence-electron chi connectivity index (χ3n) is 1.94. The molecule has 0 saturated carbocycles. The lowest BCUT2D eigenvalue weighted by molar-refractivity contribution is -0.111. The summed E-state index contributed by atoms with van der Waals surface area (Å²) in [7, 11) is 0. The highest BCUT2D eigenvalue weighted by Crippen LogP contribution is 2.02. The maximum atomic E-state index is 12.6. The van der Waals surface area contributed by atoms with Gasteiger partial charge in [-0.3, -0.25) is 9.59 Å². The minimum atomic E-state index is -0.420. The van der Waals surface area contributed by atoms with Crippen molar-refractivity contribution < 1.29 is 14.0 Å². The molecular weight excluding hydrogens is 233 g/mol. The molecule has 1 rings (SSSR count). The van der Waals surface area contributed by atoms with Crippen molar-refractivity contribution in [2.24, 2.45) is 0 Å². The number of benzene rings is 1. The Morgan fingerprint density at radius 3 is 2.44 bits per heavy atom. The van der Waals surface area contributed by atoms with Gasteiger partial charge in [0, 0.05) is 18.5 Å². The summed E-state index contributed by atoms with van der Waals surface area (Å²) >= 11 is 5.13. The molecule has 1 aromatic carbocycles. The van der Waals surface area contributed by atoms with Gasteiger partial charge in [0.2, 0.25) is 5.24 Å². The highest BCUT2D eigenvalue weighted by atomic mass is 35.5. The minimum Gasteiger partial charge on any atom is -0.352 e. The zero-order valence-corrected chi connectivity index (χ0v) is 9.26. The Morgan fingerprint density at radius 2 is 1.88 bits per heavy atom. The van der Waals surface area contributed by atoms with Crippen LogP contribution in [0.4, 0.5) is 4.39 Å². The number of carbonyl (C=O) groups is 2. The summed E-state index contributed by atoms with van der Waals surface area (Å²) in [6.45, 7) is 0.370. The number of carbonyl (C=O) groups excluding carboxylic acids is 2. The first-order chi connectivity index (χ1) is 7.59. The fourth-order valence-corrected chi connectivity index (χ4v) is 1.27. The number of halogens is 2. The molecule has 0 unspecified atom stereocenters. The highest BCUT2D eigenvalue weighted by molar-refractivity contribution is 6.63. The molecule has 0 aliphatic heterocycles. The number of nitrogens with one attached hydrogen (secondary N) is 1. The maximum absolute atomic E-state index is 12.6. The Hall–Kier alpha value is -1.42. The SMILES string of the molecule is O=C(Cl)CCCNC(=O)c1ccc(F)cc1. The van der Waals surface area contributed by atoms with Gasteiger partial charge in [-0.05, 0) is 42.3 Å². The molecule has 0 atom stereocenters. The normalized spacial score (nSPS) is 9.88. The van der Waals surface area contributed by atoms with Gasteiger partial charge in [0.15, 0.2) is 0 Å². The van der Waals surface area contributed by atoms with Gasteiger partial charge in [0.25, 0.3) is 5.91 Å². The van der Waals surface area contributed by atoms with Crippen LogP contribution in [0.3, 0.4) is 0 Å². The van der Waals surface area contributed by atoms with Gasteiger partial charge in [-0.15, -0.1) is 0 Å². The van der Waals surface area contributed by atoms with Gasteiger partial charge in [-0.25, -0.2) is 4.39 Å². The molecule has 0 aliphatic carbocycles. The Bertz CT molecular complexity index is 378. The van der Waals surface area contributed by atoms with Crippen molar-refractivity contribution in [3.05, 3.63) is 35.6 Å². The van der Waals surface area contributed by atoms with Crippen molar-refractivity contribution in [2.45, 2.75) is 12.8 Å². The molecule has 0 bridgehead atoms. The molecule has 1 aromatic rings. The molecule has 1 N–H and O–H groups in total. The second kappa shape index (κ2) is 6.23. The average molecular weight is 244 g/mol. The van der Waals surface area contributed by atoms with E-state index in [1.54, 1.807) is 0 Å². The van der Waals surface area contributed by atoms with Crippen LogP contribution in [0.15, 0.2) is 24.3 Å². The lowest BCUT2D eigenvalue weighted by atomic mass is 10.2. The van der Waals surface area contributed by atoms with E-state index in [2.05, 4.69) is 5.32 Å². The first-order valence-electron chi connectivity index (χ1n) is 4.81. The van der Waals surface area contributed by atoms with Crippen molar-refractivity contribution >= 4 is 22.8 Å². The van der Waals surface area contributed by atoms with Gasteiger partial charge in [0.1, 0.15) is 5.82 Å². The molecule has 0 aliphatic rings. The van der Waals surface area contributed by atoms with Crippen molar-refractivity contribution in [2.75, 3.05) is 6.54 Å². The van der Waals surface area contributed by atoms with E-state index in [-0.39, 0.29) is 18.1 Å². The van der Waals surface area contributed by atoms with E-state index < -0.39 is 5.24 Å². The molecule has 0 fully saturated rings. The van der Waals surface area contributed by atoms with Gasteiger partial charge >= 0.3 is 0 Å². The van der Waals surface area contributed by atoms with Gasteiger partial charge < -0.3 is 5.32 Å². The Labute approximate surface area is 97.6 Å². The first kappa shape index (κ1) is 12.6. The summed E-state index contributed by atoms with van der Waals surface area (Å²) in [4.78, 5) is 21.9. The van der Waals surface area contributed by atoms with Gasteiger partial charge in [0.05, 0.1) is 0 Å². The number of rotatable bonds is 5. The molecule has 3 nitrogen and oxygen atoms in total. The predicted molar refractivity (Wildman–Crippen MR) is 58.8 cm³/mol. The maximum Gasteiger partial charge on any atom is 0.251 e. The summed E-state index contributed by atoms with van der Waals surface area (Å²) in [5.41, 5.74) is 0.388. The van der Waals surface area contributed by atoms with Crippen LogP contribution < -0.4 is 5.32 Å². The van der Waals surface area contributed by atoms with Gasteiger partial charge in [-0.1, -0.05) is 0 Å². The Balaban J connectivity index is 2.35. The average Bonchev–Trinajstić information content (AvgIpc) is 2.25. The summed E-state index contributed by atoms with van der Waals surface area (Å²) in [5, 5.41) is 2.18. The van der Waals surface area contributed by atoms with Crippen LogP contribution >= 0.6 is 11.6 Å². The van der Waals surface area contributed by atoms with E-state index in [9.17, 15) is 14.0 Å². The fourth-order valence-electron chi connectivity index (χ4n) is 1.13. The Kier molecular flexibility index (Phi) is 4.92. The molecule has 16 heavy (non-hydrogen) atoms. The quantitative estimate of drug-likeness (QED) is 0.636. The molecule has 0 saturated heterocycles. The monoisotopic (exact) mass is 243 g/mol. The third-order valence-corrected chi connectivity index (χ3v) is 2.13. The van der Waals surface area contributed by atoms with E-state index in [1.807, 2.05) is 0 Å². The fraction of sp³-hybridized carbons (Fsp3) is 0.273. The second-order valence-corrected chi connectivity index (χ2v) is 3.64. The molecule has 0 spiro atoms. The molecule has 0 aromatic heterocycles. The van der Waals surface area contributed by atoms with E-state index >= 15 is 0 Å². The summed E-state index contributed by atoms with van der Waals surface area (Å²) in [5.74, 6) is -0.675. The molecule has 0 radical (unpaired) electrons. The van der Waals surface area contributed by atoms with Crippen LogP contribution in [0.25, 0.3) is 0 Å². The lowest BCUT2D eigenvalue weighted by Crippen LogP contribution is -2.24. The van der Waals surface area contributed by atoms with Crippen molar-refractivity contribution in [3.63, 3.8) is 0 Å². The van der Waals surface area contributed by atoms with E-state index in [1.165, 1.54) is 24.3 Å². The van der Waals surface area contributed by atoms with Gasteiger partial charge in [-0.2, -0.15) is 0 Å². The van der Waals surface area contributed by atoms with Crippen molar-refractivity contribution in [1.82, 2.24) is 5.32 Å². The van der Waals surface area contributed by atoms with Crippen LogP contribution in [-0.2, 0) is 4.79 Å². The third kappa shape index (κ3) is 4.40. The van der Waals surface area contributed by atoms with Crippen LogP contribution in [0.1, 0.15) is 23.2 Å². The summed E-state index contributed by atoms with van der Waals surface area (Å²) in [6, 6.07) is 5.24. The summed E-state index contributed by atoms with van der Waals surface area (Å²) in [6.07, 6.45) is 0.723. The molecular formula is C11H11ClFNO2. The topological polar surface area (TPSA) is 46.2 Å². The smallest absolute Gasteiger partial charge is 0.251 e. The van der Waals surface area contributed by atoms with E-state index in [4.69, 9.17) is 11.6 Å². The van der Waals surface area contributed by atoms with Crippen molar-refractivity contribution in [1.29, 1.82) is 0 Å². The minimum absolute atomic E-state index is 0.227. The first-order valence-corrected chi connectivity index (χ1v) is 5.19. The molecule has 5 heteroatoms. The number of hydrogen-bond donors (Lipinski definition) is 1. The van der Waals surface area contributed by atoms with Crippen molar-refractivity contribution in [3.8, 4) is 0 Å². The number of hydrogen-bond acceptors (Lipinski definition) is 2.